The molecule has 0 atom stereocenters. The van der Waals surface area contributed by atoms with Gasteiger partial charge in [0.1, 0.15) is 11.6 Å². The number of hydrogen-bond acceptors (Lipinski definition) is 4. The van der Waals surface area contributed by atoms with E-state index in [1.54, 1.807) is 24.3 Å². The molecule has 0 spiro atoms. The molecule has 0 aromatic heterocycles. The minimum absolute atomic E-state index is 0.110. The van der Waals surface area contributed by atoms with E-state index in [9.17, 15) is 8.78 Å². The molecule has 2 nitrogen and oxygen atoms in total. The van der Waals surface area contributed by atoms with Crippen LogP contribution in [0.4, 0.5) is 20.2 Å². The molecule has 2 rings (SSSR count). The molecule has 0 saturated carbocycles. The van der Waals surface area contributed by atoms with E-state index >= 15 is 0 Å². The van der Waals surface area contributed by atoms with Gasteiger partial charge in [-0.3, -0.25) is 0 Å². The van der Waals surface area contributed by atoms with Crippen molar-refractivity contribution in [2.75, 3.05) is 11.5 Å². The first-order valence-electron chi connectivity index (χ1n) is 5.01. The Kier molecular flexibility index (Phi) is 3.98. The monoisotopic (exact) mass is 284 g/mol. The molecule has 0 bridgehead atoms. The normalized spacial score (nSPS) is 10.6. The number of rotatable bonds is 3. The summed E-state index contributed by atoms with van der Waals surface area (Å²) in [6, 6.07) is 9.01. The lowest BCUT2D eigenvalue weighted by Crippen LogP contribution is -1.90. The second-order valence-electron chi connectivity index (χ2n) is 3.53. The zero-order valence-electron chi connectivity index (χ0n) is 9.19. The van der Waals surface area contributed by atoms with E-state index in [0.717, 1.165) is 9.79 Å². The maximum absolute atomic E-state index is 13.0. The Morgan fingerprint density at radius 3 is 1.44 bits per heavy atom. The van der Waals surface area contributed by atoms with Crippen LogP contribution in [0.25, 0.3) is 0 Å². The Morgan fingerprint density at radius 1 is 0.722 bits per heavy atom. The zero-order chi connectivity index (χ0) is 13.1. The second kappa shape index (κ2) is 5.49. The van der Waals surface area contributed by atoms with E-state index < -0.39 is 11.6 Å². The molecule has 6 heteroatoms. The molecule has 2 aromatic carbocycles. The Morgan fingerprint density at radius 2 is 1.11 bits per heavy atom. The molecule has 2 aromatic rings. The molecule has 0 aliphatic heterocycles. The van der Waals surface area contributed by atoms with Crippen LogP contribution in [0.2, 0.25) is 0 Å². The van der Waals surface area contributed by atoms with Crippen LogP contribution < -0.4 is 11.5 Å². The molecular weight excluding hydrogens is 274 g/mol. The molecule has 0 aliphatic carbocycles. The first-order chi connectivity index (χ1) is 8.56. The van der Waals surface area contributed by atoms with Crippen molar-refractivity contribution < 1.29 is 8.78 Å². The lowest BCUT2D eigenvalue weighted by atomic mass is 10.3. The van der Waals surface area contributed by atoms with Crippen molar-refractivity contribution in [2.24, 2.45) is 0 Å². The molecule has 18 heavy (non-hydrogen) atoms. The van der Waals surface area contributed by atoms with Gasteiger partial charge in [-0.1, -0.05) is 21.6 Å². The number of benzene rings is 2. The van der Waals surface area contributed by atoms with Crippen molar-refractivity contribution in [1.82, 2.24) is 0 Å². The largest absolute Gasteiger partial charge is 0.396 e. The van der Waals surface area contributed by atoms with Gasteiger partial charge in [0.15, 0.2) is 0 Å². The quantitative estimate of drug-likeness (QED) is 0.662. The third-order valence-corrected chi connectivity index (χ3v) is 4.55. The van der Waals surface area contributed by atoms with Crippen molar-refractivity contribution in [1.29, 1.82) is 0 Å². The summed E-state index contributed by atoms with van der Waals surface area (Å²) in [5.74, 6) is -0.870. The number of hydrogen-bond donors (Lipinski definition) is 2. The Balaban J connectivity index is 2.06. The SMILES string of the molecule is Nc1cc(SSc2ccc(F)c(N)c2)ccc1F. The smallest absolute Gasteiger partial charge is 0.146 e. The highest BCUT2D eigenvalue weighted by Gasteiger charge is 2.04. The third-order valence-electron chi connectivity index (χ3n) is 2.17. The van der Waals surface area contributed by atoms with Crippen molar-refractivity contribution in [3.8, 4) is 0 Å². The fraction of sp³-hybridized carbons (Fsp3) is 0. The van der Waals surface area contributed by atoms with E-state index in [1.165, 1.54) is 33.7 Å². The standard InChI is InChI=1S/C12H10F2N2S2/c13-9-3-1-7(5-11(9)15)17-18-8-2-4-10(14)12(16)6-8/h1-6H,15-16H2. The van der Waals surface area contributed by atoms with Gasteiger partial charge in [0.25, 0.3) is 0 Å². The summed E-state index contributed by atoms with van der Waals surface area (Å²) in [4.78, 5) is 1.64. The molecule has 0 heterocycles. The Bertz CT molecular complexity index is 524. The Labute approximate surface area is 111 Å². The zero-order valence-corrected chi connectivity index (χ0v) is 10.8. The Hall–Kier alpha value is -1.40. The van der Waals surface area contributed by atoms with Crippen LogP contribution in [0.5, 0.6) is 0 Å². The van der Waals surface area contributed by atoms with Crippen LogP contribution in [-0.2, 0) is 0 Å². The fourth-order valence-electron chi connectivity index (χ4n) is 1.24. The highest BCUT2D eigenvalue weighted by molar-refractivity contribution is 8.76. The number of halogens is 2. The van der Waals surface area contributed by atoms with E-state index in [2.05, 4.69) is 0 Å². The van der Waals surface area contributed by atoms with Gasteiger partial charge in [-0.2, -0.15) is 0 Å². The topological polar surface area (TPSA) is 52.0 Å². The number of nitrogens with two attached hydrogens (primary N) is 2. The molecule has 94 valence electrons. The van der Waals surface area contributed by atoms with E-state index in [0.29, 0.717) is 0 Å². The summed E-state index contributed by atoms with van der Waals surface area (Å²) in [5, 5.41) is 0. The number of anilines is 2. The molecule has 0 aliphatic rings. The van der Waals surface area contributed by atoms with Crippen LogP contribution >= 0.6 is 21.6 Å². The third kappa shape index (κ3) is 3.08. The summed E-state index contributed by atoms with van der Waals surface area (Å²) >= 11 is 0. The predicted octanol–water partition coefficient (Wildman–Crippen LogP) is 3.93. The average Bonchev–Trinajstić information content (AvgIpc) is 2.35. The minimum Gasteiger partial charge on any atom is -0.396 e. The van der Waals surface area contributed by atoms with Gasteiger partial charge in [0, 0.05) is 9.79 Å². The lowest BCUT2D eigenvalue weighted by molar-refractivity contribution is 0.631. The van der Waals surface area contributed by atoms with Crippen LogP contribution in [0.15, 0.2) is 46.2 Å². The van der Waals surface area contributed by atoms with Gasteiger partial charge in [0.05, 0.1) is 11.4 Å². The van der Waals surface area contributed by atoms with Gasteiger partial charge < -0.3 is 11.5 Å². The predicted molar refractivity (Wildman–Crippen MR) is 73.3 cm³/mol. The molecule has 0 unspecified atom stereocenters. The first-order valence-corrected chi connectivity index (χ1v) is 7.16. The van der Waals surface area contributed by atoms with Crippen molar-refractivity contribution in [3.05, 3.63) is 48.0 Å². The maximum Gasteiger partial charge on any atom is 0.146 e. The van der Waals surface area contributed by atoms with Crippen LogP contribution in [-0.4, -0.2) is 0 Å². The van der Waals surface area contributed by atoms with Crippen molar-refractivity contribution in [3.63, 3.8) is 0 Å². The highest BCUT2D eigenvalue weighted by Crippen LogP contribution is 2.38. The molecule has 0 radical (unpaired) electrons. The van der Waals surface area contributed by atoms with Gasteiger partial charge in [-0.15, -0.1) is 0 Å². The summed E-state index contributed by atoms with van der Waals surface area (Å²) < 4.78 is 25.9. The summed E-state index contributed by atoms with van der Waals surface area (Å²) in [6.45, 7) is 0. The van der Waals surface area contributed by atoms with Crippen molar-refractivity contribution >= 4 is 33.0 Å². The summed E-state index contributed by atoms with van der Waals surface area (Å²) in [5.41, 5.74) is 11.2. The second-order valence-corrected chi connectivity index (χ2v) is 5.81. The van der Waals surface area contributed by atoms with Gasteiger partial charge in [-0.05, 0) is 36.4 Å². The van der Waals surface area contributed by atoms with Gasteiger partial charge >= 0.3 is 0 Å². The minimum atomic E-state index is -0.435. The first kappa shape index (κ1) is 13.0. The van der Waals surface area contributed by atoms with E-state index in [-0.39, 0.29) is 11.4 Å². The highest BCUT2D eigenvalue weighted by atomic mass is 33.1. The summed E-state index contributed by atoms with van der Waals surface area (Å²) in [7, 11) is 2.81. The average molecular weight is 284 g/mol. The molecule has 0 amide bonds. The van der Waals surface area contributed by atoms with Crippen LogP contribution in [0.1, 0.15) is 0 Å². The van der Waals surface area contributed by atoms with Gasteiger partial charge in [-0.25, -0.2) is 8.78 Å². The molecular formula is C12H10F2N2S2. The number of nitrogen functional groups attached to an aromatic ring is 2. The van der Waals surface area contributed by atoms with Crippen molar-refractivity contribution in [2.45, 2.75) is 9.79 Å². The van der Waals surface area contributed by atoms with Gasteiger partial charge in [0.2, 0.25) is 0 Å². The lowest BCUT2D eigenvalue weighted by Gasteiger charge is -2.04. The molecule has 0 fully saturated rings. The molecule has 0 saturated heterocycles. The van der Waals surface area contributed by atoms with Crippen LogP contribution in [0, 0.1) is 11.6 Å². The van der Waals surface area contributed by atoms with Crippen LogP contribution in [0.3, 0.4) is 0 Å². The molecule has 4 N–H and O–H groups in total. The van der Waals surface area contributed by atoms with E-state index in [4.69, 9.17) is 11.5 Å². The fourth-order valence-corrected chi connectivity index (χ4v) is 3.23. The summed E-state index contributed by atoms with van der Waals surface area (Å²) in [6.07, 6.45) is 0. The van der Waals surface area contributed by atoms with E-state index in [1.807, 2.05) is 0 Å². The maximum atomic E-state index is 13.0.